The SMILES string of the molecule is CSc1ccc(S(=O)(=O)N(C)CC(=O)N[C@@H]2CC(C)(C)Oc3ccc(C)cc32)cc1. The Morgan fingerprint density at radius 2 is 1.90 bits per heavy atom. The number of nitrogens with zero attached hydrogens (tertiary/aromatic N) is 1. The van der Waals surface area contributed by atoms with E-state index in [2.05, 4.69) is 5.32 Å². The molecule has 1 aliphatic heterocycles. The topological polar surface area (TPSA) is 75.7 Å². The largest absolute Gasteiger partial charge is 0.487 e. The molecule has 2 aromatic rings. The summed E-state index contributed by atoms with van der Waals surface area (Å²) in [4.78, 5) is 13.9. The van der Waals surface area contributed by atoms with Gasteiger partial charge in [-0.05, 0) is 57.4 Å². The smallest absolute Gasteiger partial charge is 0.243 e. The highest BCUT2D eigenvalue weighted by atomic mass is 32.2. The summed E-state index contributed by atoms with van der Waals surface area (Å²) >= 11 is 1.54. The Morgan fingerprint density at radius 3 is 2.53 bits per heavy atom. The van der Waals surface area contributed by atoms with Gasteiger partial charge in [0.25, 0.3) is 0 Å². The summed E-state index contributed by atoms with van der Waals surface area (Å²) in [5.74, 6) is 0.397. The molecule has 30 heavy (non-hydrogen) atoms. The Bertz CT molecular complexity index is 1030. The summed E-state index contributed by atoms with van der Waals surface area (Å²) in [7, 11) is -2.33. The standard InChI is InChI=1S/C22H28N2O4S2/c1-15-6-11-20-18(12-15)19(13-22(2,3)28-20)23-21(25)14-24(4)30(26,27)17-9-7-16(29-5)8-10-17/h6-12,19H,13-14H2,1-5H3,(H,23,25)/t19-/m1/s1. The van der Waals surface area contributed by atoms with Gasteiger partial charge in [0, 0.05) is 23.9 Å². The Hall–Kier alpha value is -2.03. The second-order valence-corrected chi connectivity index (χ2v) is 11.1. The molecule has 0 aliphatic carbocycles. The highest BCUT2D eigenvalue weighted by Gasteiger charge is 2.35. The van der Waals surface area contributed by atoms with Crippen LogP contribution in [0.4, 0.5) is 0 Å². The molecule has 1 amide bonds. The van der Waals surface area contributed by atoms with E-state index in [0.29, 0.717) is 6.42 Å². The summed E-state index contributed by atoms with van der Waals surface area (Å²) in [6.45, 7) is 5.68. The van der Waals surface area contributed by atoms with Crippen LogP contribution in [0, 0.1) is 6.92 Å². The van der Waals surface area contributed by atoms with Crippen LogP contribution in [0.5, 0.6) is 5.75 Å². The van der Waals surface area contributed by atoms with E-state index >= 15 is 0 Å². The highest BCUT2D eigenvalue weighted by molar-refractivity contribution is 7.98. The molecule has 1 aliphatic rings. The average Bonchev–Trinajstić information content (AvgIpc) is 2.67. The lowest BCUT2D eigenvalue weighted by Gasteiger charge is -2.38. The molecule has 0 bridgehead atoms. The Kier molecular flexibility index (Phi) is 6.50. The molecule has 162 valence electrons. The first-order valence-corrected chi connectivity index (χ1v) is 12.4. The molecule has 0 radical (unpaired) electrons. The van der Waals surface area contributed by atoms with Crippen LogP contribution < -0.4 is 10.1 Å². The number of fused-ring (bicyclic) bond motifs is 1. The van der Waals surface area contributed by atoms with Gasteiger partial charge in [-0.2, -0.15) is 4.31 Å². The number of ether oxygens (including phenoxy) is 1. The Balaban J connectivity index is 1.74. The highest BCUT2D eigenvalue weighted by Crippen LogP contribution is 2.39. The minimum Gasteiger partial charge on any atom is -0.487 e. The van der Waals surface area contributed by atoms with Gasteiger partial charge in [0.2, 0.25) is 15.9 Å². The molecular weight excluding hydrogens is 420 g/mol. The average molecular weight is 449 g/mol. The molecule has 8 heteroatoms. The second-order valence-electron chi connectivity index (χ2n) is 8.16. The molecule has 0 saturated carbocycles. The van der Waals surface area contributed by atoms with Crippen LogP contribution in [0.1, 0.15) is 37.4 Å². The molecule has 0 unspecified atom stereocenters. The fourth-order valence-electron chi connectivity index (χ4n) is 3.56. The second kappa shape index (κ2) is 8.61. The van der Waals surface area contributed by atoms with E-state index in [1.54, 1.807) is 24.3 Å². The number of hydrogen-bond acceptors (Lipinski definition) is 5. The van der Waals surface area contributed by atoms with Gasteiger partial charge in [0.1, 0.15) is 11.4 Å². The summed E-state index contributed by atoms with van der Waals surface area (Å²) in [6.07, 6.45) is 2.53. The number of amides is 1. The number of sulfonamides is 1. The number of thioether (sulfide) groups is 1. The number of carbonyl (C=O) groups excluding carboxylic acids is 1. The van der Waals surface area contributed by atoms with Crippen LogP contribution in [0.25, 0.3) is 0 Å². The van der Waals surface area contributed by atoms with Gasteiger partial charge in [-0.3, -0.25) is 4.79 Å². The van der Waals surface area contributed by atoms with Gasteiger partial charge in [-0.15, -0.1) is 11.8 Å². The van der Waals surface area contributed by atoms with Crippen molar-refractivity contribution in [3.8, 4) is 5.75 Å². The minimum absolute atomic E-state index is 0.170. The lowest BCUT2D eigenvalue weighted by atomic mass is 9.89. The lowest BCUT2D eigenvalue weighted by molar-refractivity contribution is -0.122. The van der Waals surface area contributed by atoms with E-state index in [9.17, 15) is 13.2 Å². The van der Waals surface area contributed by atoms with Gasteiger partial charge >= 0.3 is 0 Å². The summed E-state index contributed by atoms with van der Waals surface area (Å²) in [6, 6.07) is 12.3. The fourth-order valence-corrected chi connectivity index (χ4v) is 5.09. The quantitative estimate of drug-likeness (QED) is 0.681. The number of nitrogens with one attached hydrogen (secondary N) is 1. The molecule has 1 N–H and O–H groups in total. The van der Waals surface area contributed by atoms with Crippen molar-refractivity contribution in [2.45, 2.75) is 48.6 Å². The number of rotatable bonds is 6. The zero-order chi connectivity index (χ0) is 22.1. The van der Waals surface area contributed by atoms with Crippen molar-refractivity contribution in [3.05, 3.63) is 53.6 Å². The first-order chi connectivity index (χ1) is 14.0. The van der Waals surface area contributed by atoms with Gasteiger partial charge in [-0.25, -0.2) is 8.42 Å². The zero-order valence-electron chi connectivity index (χ0n) is 17.9. The third-order valence-corrected chi connectivity index (χ3v) is 7.65. The van der Waals surface area contributed by atoms with E-state index in [1.165, 1.54) is 18.8 Å². The minimum atomic E-state index is -3.75. The molecule has 0 aromatic heterocycles. The predicted octanol–water partition coefficient (Wildman–Crippen LogP) is 3.76. The maximum atomic E-state index is 12.8. The summed E-state index contributed by atoms with van der Waals surface area (Å²) < 4.78 is 32.8. The molecule has 1 atom stereocenters. The number of aryl methyl sites for hydroxylation is 1. The van der Waals surface area contributed by atoms with Crippen molar-refractivity contribution in [3.63, 3.8) is 0 Å². The monoisotopic (exact) mass is 448 g/mol. The van der Waals surface area contributed by atoms with Crippen molar-refractivity contribution in [2.24, 2.45) is 0 Å². The predicted molar refractivity (Wildman–Crippen MR) is 119 cm³/mol. The van der Waals surface area contributed by atoms with Gasteiger partial charge in [-0.1, -0.05) is 17.7 Å². The number of hydrogen-bond donors (Lipinski definition) is 1. The van der Waals surface area contributed by atoms with Crippen LogP contribution in [0.2, 0.25) is 0 Å². The van der Waals surface area contributed by atoms with Gasteiger partial charge < -0.3 is 10.1 Å². The number of benzene rings is 2. The van der Waals surface area contributed by atoms with Crippen molar-refractivity contribution in [1.29, 1.82) is 0 Å². The summed E-state index contributed by atoms with van der Waals surface area (Å²) in [5, 5.41) is 3.00. The van der Waals surface area contributed by atoms with Gasteiger partial charge in [0.05, 0.1) is 17.5 Å². The maximum absolute atomic E-state index is 12.8. The Labute approximate surface area is 183 Å². The van der Waals surface area contributed by atoms with Crippen LogP contribution >= 0.6 is 11.8 Å². The lowest BCUT2D eigenvalue weighted by Crippen LogP contribution is -2.44. The van der Waals surface area contributed by atoms with E-state index in [1.807, 2.05) is 45.2 Å². The third-order valence-electron chi connectivity index (χ3n) is 5.09. The van der Waals surface area contributed by atoms with Crippen molar-refractivity contribution >= 4 is 27.7 Å². The van der Waals surface area contributed by atoms with Crippen LogP contribution in [0.15, 0.2) is 52.3 Å². The van der Waals surface area contributed by atoms with E-state index in [0.717, 1.165) is 26.1 Å². The molecule has 3 rings (SSSR count). The molecule has 0 fully saturated rings. The van der Waals surface area contributed by atoms with Gasteiger partial charge in [0.15, 0.2) is 0 Å². The Morgan fingerprint density at radius 1 is 1.23 bits per heavy atom. The molecular formula is C22H28N2O4S2. The third kappa shape index (κ3) is 4.99. The van der Waals surface area contributed by atoms with Crippen LogP contribution in [0.3, 0.4) is 0 Å². The number of carbonyl (C=O) groups is 1. The first kappa shape index (κ1) is 22.7. The molecule has 0 saturated heterocycles. The molecule has 2 aromatic carbocycles. The van der Waals surface area contributed by atoms with Crippen molar-refractivity contribution in [1.82, 2.24) is 9.62 Å². The first-order valence-electron chi connectivity index (χ1n) is 9.71. The molecule has 1 heterocycles. The summed E-state index contributed by atoms with van der Waals surface area (Å²) in [5.41, 5.74) is 1.56. The van der Waals surface area contributed by atoms with Crippen LogP contribution in [-0.2, 0) is 14.8 Å². The zero-order valence-corrected chi connectivity index (χ0v) is 19.6. The normalized spacial score (nSPS) is 17.9. The van der Waals surface area contributed by atoms with Crippen molar-refractivity contribution in [2.75, 3.05) is 19.8 Å². The van der Waals surface area contributed by atoms with E-state index < -0.39 is 15.6 Å². The molecule has 6 nitrogen and oxygen atoms in total. The molecule has 0 spiro atoms. The maximum Gasteiger partial charge on any atom is 0.243 e. The van der Waals surface area contributed by atoms with Crippen LogP contribution in [-0.4, -0.2) is 44.1 Å². The van der Waals surface area contributed by atoms with Crippen molar-refractivity contribution < 1.29 is 17.9 Å². The number of likely N-dealkylation sites (N-methyl/N-ethyl adjacent to an activating group) is 1. The van der Waals surface area contributed by atoms with E-state index in [-0.39, 0.29) is 23.4 Å². The van der Waals surface area contributed by atoms with E-state index in [4.69, 9.17) is 4.74 Å². The fraction of sp³-hybridized carbons (Fsp3) is 0.409.